The lowest BCUT2D eigenvalue weighted by atomic mass is 10.2. The fourth-order valence-corrected chi connectivity index (χ4v) is 1.83. The number of hydrogen-bond donors (Lipinski definition) is 3. The van der Waals surface area contributed by atoms with Crippen LogP contribution in [-0.4, -0.2) is 54.1 Å². The van der Waals surface area contributed by atoms with Gasteiger partial charge in [0.15, 0.2) is 0 Å². The molecule has 0 aromatic heterocycles. The van der Waals surface area contributed by atoms with E-state index in [1.165, 1.54) is 0 Å². The Morgan fingerprint density at radius 2 is 1.90 bits per heavy atom. The lowest BCUT2D eigenvalue weighted by Gasteiger charge is -2.21. The fraction of sp³-hybridized carbons (Fsp3) is 0.600. The first-order valence-corrected chi connectivity index (χ1v) is 6.97. The molecule has 0 radical (unpaired) electrons. The van der Waals surface area contributed by atoms with Crippen LogP contribution in [-0.2, 0) is 6.54 Å². The summed E-state index contributed by atoms with van der Waals surface area (Å²) >= 11 is 0. The lowest BCUT2D eigenvalue weighted by molar-refractivity contribution is 0.0708. The number of aliphatic hydroxyl groups excluding tert-OH is 2. The van der Waals surface area contributed by atoms with Crippen LogP contribution in [0.1, 0.15) is 18.9 Å². The maximum atomic E-state index is 9.90. The molecule has 20 heavy (non-hydrogen) atoms. The van der Waals surface area contributed by atoms with Gasteiger partial charge in [-0.3, -0.25) is 0 Å². The number of likely N-dealkylation sites (N-methyl/N-ethyl adjacent to an activating group) is 1. The molecule has 0 aliphatic carbocycles. The van der Waals surface area contributed by atoms with Gasteiger partial charge >= 0.3 is 0 Å². The van der Waals surface area contributed by atoms with E-state index in [0.29, 0.717) is 19.5 Å². The molecule has 2 atom stereocenters. The standard InChI is InChI=1S/C15H26N2O3/c1-12(18)7-8-17(2)10-14(19)11-20-15-5-3-13(9-16)4-6-15/h3-6,12,14,18-19H,7-11,16H2,1-2H3. The molecule has 5 nitrogen and oxygen atoms in total. The van der Waals surface area contributed by atoms with Gasteiger partial charge in [0.1, 0.15) is 18.5 Å². The minimum atomic E-state index is -0.553. The quantitative estimate of drug-likeness (QED) is 0.618. The van der Waals surface area contributed by atoms with Crippen LogP contribution in [0.5, 0.6) is 5.75 Å². The molecular formula is C15H26N2O3. The molecule has 2 unspecified atom stereocenters. The van der Waals surface area contributed by atoms with Crippen molar-refractivity contribution in [1.29, 1.82) is 0 Å². The normalized spacial score (nSPS) is 14.3. The third-order valence-corrected chi connectivity index (χ3v) is 3.05. The second kappa shape index (κ2) is 8.92. The topological polar surface area (TPSA) is 79.0 Å². The van der Waals surface area contributed by atoms with E-state index < -0.39 is 6.10 Å². The zero-order valence-corrected chi connectivity index (χ0v) is 12.3. The third-order valence-electron chi connectivity index (χ3n) is 3.05. The summed E-state index contributed by atoms with van der Waals surface area (Å²) in [7, 11) is 1.92. The molecule has 0 saturated heterocycles. The average molecular weight is 282 g/mol. The molecule has 0 amide bonds. The van der Waals surface area contributed by atoms with Crippen molar-refractivity contribution in [3.8, 4) is 5.75 Å². The molecule has 5 heteroatoms. The highest BCUT2D eigenvalue weighted by atomic mass is 16.5. The SMILES string of the molecule is CC(O)CCN(C)CC(O)COc1ccc(CN)cc1. The van der Waals surface area contributed by atoms with Gasteiger partial charge in [-0.2, -0.15) is 0 Å². The van der Waals surface area contributed by atoms with E-state index in [-0.39, 0.29) is 12.7 Å². The van der Waals surface area contributed by atoms with Crippen molar-refractivity contribution in [3.05, 3.63) is 29.8 Å². The third kappa shape index (κ3) is 6.86. The van der Waals surface area contributed by atoms with Crippen LogP contribution >= 0.6 is 0 Å². The van der Waals surface area contributed by atoms with Gasteiger partial charge in [0.2, 0.25) is 0 Å². The summed E-state index contributed by atoms with van der Waals surface area (Å²) in [5.74, 6) is 0.730. The van der Waals surface area contributed by atoms with Crippen molar-refractivity contribution in [2.24, 2.45) is 5.73 Å². The van der Waals surface area contributed by atoms with Crippen LogP contribution < -0.4 is 10.5 Å². The molecule has 0 bridgehead atoms. The Balaban J connectivity index is 2.26. The van der Waals surface area contributed by atoms with Crippen LogP contribution in [0, 0.1) is 0 Å². The molecule has 114 valence electrons. The van der Waals surface area contributed by atoms with Crippen molar-refractivity contribution >= 4 is 0 Å². The monoisotopic (exact) mass is 282 g/mol. The molecule has 0 spiro atoms. The summed E-state index contributed by atoms with van der Waals surface area (Å²) in [4.78, 5) is 1.98. The van der Waals surface area contributed by atoms with E-state index in [1.807, 2.05) is 36.2 Å². The molecule has 4 N–H and O–H groups in total. The van der Waals surface area contributed by atoms with E-state index in [1.54, 1.807) is 6.92 Å². The van der Waals surface area contributed by atoms with Crippen molar-refractivity contribution in [2.45, 2.75) is 32.1 Å². The first-order valence-electron chi connectivity index (χ1n) is 6.97. The zero-order valence-electron chi connectivity index (χ0n) is 12.3. The Morgan fingerprint density at radius 3 is 2.45 bits per heavy atom. The van der Waals surface area contributed by atoms with Gasteiger partial charge in [0, 0.05) is 19.6 Å². The highest BCUT2D eigenvalue weighted by molar-refractivity contribution is 5.27. The van der Waals surface area contributed by atoms with E-state index in [2.05, 4.69) is 0 Å². The largest absolute Gasteiger partial charge is 0.491 e. The Labute approximate surface area is 121 Å². The molecule has 0 heterocycles. The Kier molecular flexibility index (Phi) is 7.54. The first-order chi connectivity index (χ1) is 9.51. The number of nitrogens with zero attached hydrogens (tertiary/aromatic N) is 1. The van der Waals surface area contributed by atoms with Crippen molar-refractivity contribution in [1.82, 2.24) is 4.90 Å². The predicted octanol–water partition coefficient (Wildman–Crippen LogP) is 0.588. The van der Waals surface area contributed by atoms with Gasteiger partial charge in [-0.05, 0) is 38.1 Å². The summed E-state index contributed by atoms with van der Waals surface area (Å²) in [5.41, 5.74) is 6.57. The number of benzene rings is 1. The molecule has 0 aliphatic rings. The molecular weight excluding hydrogens is 256 g/mol. The maximum Gasteiger partial charge on any atom is 0.119 e. The van der Waals surface area contributed by atoms with Gasteiger partial charge < -0.3 is 25.6 Å². The molecule has 0 aliphatic heterocycles. The first kappa shape index (κ1) is 16.9. The minimum absolute atomic E-state index is 0.251. The van der Waals surface area contributed by atoms with E-state index in [9.17, 15) is 10.2 Å². The molecule has 0 saturated carbocycles. The number of nitrogens with two attached hydrogens (primary N) is 1. The Morgan fingerprint density at radius 1 is 1.25 bits per heavy atom. The van der Waals surface area contributed by atoms with Gasteiger partial charge in [0.25, 0.3) is 0 Å². The highest BCUT2D eigenvalue weighted by Gasteiger charge is 2.10. The number of hydrogen-bond acceptors (Lipinski definition) is 5. The van der Waals surface area contributed by atoms with Crippen LogP contribution in [0.15, 0.2) is 24.3 Å². The molecule has 1 aromatic carbocycles. The predicted molar refractivity (Wildman–Crippen MR) is 79.6 cm³/mol. The van der Waals surface area contributed by atoms with E-state index in [0.717, 1.165) is 17.9 Å². The summed E-state index contributed by atoms with van der Waals surface area (Å²) in [5, 5.41) is 19.1. The van der Waals surface area contributed by atoms with E-state index in [4.69, 9.17) is 10.5 Å². The van der Waals surface area contributed by atoms with Crippen molar-refractivity contribution in [2.75, 3.05) is 26.7 Å². The van der Waals surface area contributed by atoms with Gasteiger partial charge in [-0.1, -0.05) is 12.1 Å². The van der Waals surface area contributed by atoms with Crippen molar-refractivity contribution < 1.29 is 14.9 Å². The average Bonchev–Trinajstić information content (AvgIpc) is 2.43. The Hall–Kier alpha value is -1.14. The molecule has 0 fully saturated rings. The zero-order chi connectivity index (χ0) is 15.0. The Bertz CT molecular complexity index is 368. The fourth-order valence-electron chi connectivity index (χ4n) is 1.83. The smallest absolute Gasteiger partial charge is 0.119 e. The van der Waals surface area contributed by atoms with Crippen molar-refractivity contribution in [3.63, 3.8) is 0 Å². The number of rotatable bonds is 9. The summed E-state index contributed by atoms with van der Waals surface area (Å²) in [6, 6.07) is 7.53. The van der Waals surface area contributed by atoms with Crippen LogP contribution in [0.2, 0.25) is 0 Å². The van der Waals surface area contributed by atoms with Crippen LogP contribution in [0.4, 0.5) is 0 Å². The van der Waals surface area contributed by atoms with Gasteiger partial charge in [0.05, 0.1) is 6.10 Å². The molecule has 1 aromatic rings. The number of ether oxygens (including phenoxy) is 1. The summed E-state index contributed by atoms with van der Waals surface area (Å²) in [6.45, 7) is 3.80. The summed E-state index contributed by atoms with van der Waals surface area (Å²) < 4.78 is 5.53. The number of aliphatic hydroxyl groups is 2. The molecule has 1 rings (SSSR count). The van der Waals surface area contributed by atoms with E-state index >= 15 is 0 Å². The second-order valence-corrected chi connectivity index (χ2v) is 5.21. The van der Waals surface area contributed by atoms with Crippen LogP contribution in [0.3, 0.4) is 0 Å². The second-order valence-electron chi connectivity index (χ2n) is 5.21. The van der Waals surface area contributed by atoms with Gasteiger partial charge in [-0.25, -0.2) is 0 Å². The minimum Gasteiger partial charge on any atom is -0.491 e. The summed E-state index contributed by atoms with van der Waals surface area (Å²) in [6.07, 6.45) is -0.167. The maximum absolute atomic E-state index is 9.90. The highest BCUT2D eigenvalue weighted by Crippen LogP contribution is 2.12. The van der Waals surface area contributed by atoms with Gasteiger partial charge in [-0.15, -0.1) is 0 Å². The lowest BCUT2D eigenvalue weighted by Crippen LogP contribution is -2.34. The van der Waals surface area contributed by atoms with Crippen LogP contribution in [0.25, 0.3) is 0 Å².